The Balaban J connectivity index is 2.39. The molecule has 0 saturated heterocycles. The third-order valence-corrected chi connectivity index (χ3v) is 3.87. The zero-order valence-electron chi connectivity index (χ0n) is 13.8. The summed E-state index contributed by atoms with van der Waals surface area (Å²) in [6.45, 7) is 11.7. The van der Waals surface area contributed by atoms with Gasteiger partial charge in [-0.1, -0.05) is 64.4 Å². The Labute approximate surface area is 129 Å². The number of ether oxygens (including phenoxy) is 1. The van der Waals surface area contributed by atoms with Gasteiger partial charge in [-0.15, -0.1) is 0 Å². The fourth-order valence-corrected chi connectivity index (χ4v) is 2.24. The monoisotopic (exact) mass is 291 g/mol. The second-order valence-corrected chi connectivity index (χ2v) is 5.86. The number of rotatable bonds is 9. The van der Waals surface area contributed by atoms with Crippen LogP contribution in [0.2, 0.25) is 0 Å². The van der Waals surface area contributed by atoms with Gasteiger partial charge in [-0.25, -0.2) is 0 Å². The fourth-order valence-electron chi connectivity index (χ4n) is 2.24. The summed E-state index contributed by atoms with van der Waals surface area (Å²) in [7, 11) is 0. The Bertz CT molecular complexity index is 405. The zero-order valence-corrected chi connectivity index (χ0v) is 13.8. The average Bonchev–Trinajstić information content (AvgIpc) is 2.52. The molecule has 3 nitrogen and oxygen atoms in total. The van der Waals surface area contributed by atoms with Gasteiger partial charge in [-0.2, -0.15) is 0 Å². The summed E-state index contributed by atoms with van der Waals surface area (Å²) in [6, 6.07) is 9.81. The third kappa shape index (κ3) is 6.76. The molecule has 0 saturated carbocycles. The van der Waals surface area contributed by atoms with Crippen LogP contribution in [0.25, 0.3) is 0 Å². The maximum Gasteiger partial charge on any atom is 0.310 e. The third-order valence-electron chi connectivity index (χ3n) is 3.87. The van der Waals surface area contributed by atoms with E-state index in [-0.39, 0.29) is 11.9 Å². The van der Waals surface area contributed by atoms with Gasteiger partial charge in [0.2, 0.25) is 0 Å². The van der Waals surface area contributed by atoms with E-state index in [1.165, 1.54) is 6.42 Å². The highest BCUT2D eigenvalue weighted by Crippen LogP contribution is 2.10. The molecule has 0 radical (unpaired) electrons. The number of benzene rings is 1. The van der Waals surface area contributed by atoms with Crippen LogP contribution >= 0.6 is 0 Å². The van der Waals surface area contributed by atoms with Crippen LogP contribution in [0.4, 0.5) is 0 Å². The normalized spacial score (nSPS) is 14.0. The van der Waals surface area contributed by atoms with Crippen molar-refractivity contribution in [2.45, 2.75) is 40.7 Å². The predicted molar refractivity (Wildman–Crippen MR) is 87.0 cm³/mol. The molecule has 0 aliphatic carbocycles. The van der Waals surface area contributed by atoms with Crippen molar-refractivity contribution in [1.29, 1.82) is 0 Å². The SMILES string of the molecule is CCC(C)CN(CC)CC(C)C(=O)OCc1ccccc1. The summed E-state index contributed by atoms with van der Waals surface area (Å²) in [5, 5.41) is 0. The number of nitrogens with zero attached hydrogens (tertiary/aromatic N) is 1. The lowest BCUT2D eigenvalue weighted by molar-refractivity contribution is -0.150. The molecular formula is C18H29NO2. The van der Waals surface area contributed by atoms with Gasteiger partial charge in [-0.3, -0.25) is 4.79 Å². The number of hydrogen-bond donors (Lipinski definition) is 0. The Morgan fingerprint density at radius 1 is 1.14 bits per heavy atom. The highest BCUT2D eigenvalue weighted by molar-refractivity contribution is 5.72. The molecule has 2 unspecified atom stereocenters. The summed E-state index contributed by atoms with van der Waals surface area (Å²) >= 11 is 0. The molecule has 1 aromatic rings. The van der Waals surface area contributed by atoms with E-state index in [0.29, 0.717) is 12.5 Å². The molecule has 0 fully saturated rings. The largest absolute Gasteiger partial charge is 0.461 e. The molecule has 3 heteroatoms. The summed E-state index contributed by atoms with van der Waals surface area (Å²) in [4.78, 5) is 14.4. The van der Waals surface area contributed by atoms with Gasteiger partial charge >= 0.3 is 5.97 Å². The first-order valence-corrected chi connectivity index (χ1v) is 7.99. The Hall–Kier alpha value is -1.35. The first-order chi connectivity index (χ1) is 10.1. The van der Waals surface area contributed by atoms with Gasteiger partial charge in [0.1, 0.15) is 6.61 Å². The summed E-state index contributed by atoms with van der Waals surface area (Å²) in [6.07, 6.45) is 1.17. The van der Waals surface area contributed by atoms with Crippen molar-refractivity contribution < 1.29 is 9.53 Å². The van der Waals surface area contributed by atoms with Gasteiger partial charge < -0.3 is 9.64 Å². The standard InChI is InChI=1S/C18H29NO2/c1-5-15(3)12-19(6-2)13-16(4)18(20)21-14-17-10-8-7-9-11-17/h7-11,15-16H,5-6,12-14H2,1-4H3. The number of carbonyl (C=O) groups excluding carboxylic acids is 1. The molecule has 0 aliphatic rings. The van der Waals surface area contributed by atoms with Crippen LogP contribution in [-0.4, -0.2) is 30.5 Å². The molecular weight excluding hydrogens is 262 g/mol. The van der Waals surface area contributed by atoms with Gasteiger partial charge in [0.15, 0.2) is 0 Å². The first-order valence-electron chi connectivity index (χ1n) is 7.99. The molecule has 0 aromatic heterocycles. The fraction of sp³-hybridized carbons (Fsp3) is 0.611. The van der Waals surface area contributed by atoms with E-state index in [0.717, 1.165) is 25.2 Å². The number of esters is 1. The van der Waals surface area contributed by atoms with Gasteiger partial charge in [0.05, 0.1) is 5.92 Å². The molecule has 0 amide bonds. The minimum Gasteiger partial charge on any atom is -0.461 e. The van der Waals surface area contributed by atoms with Crippen LogP contribution in [0.3, 0.4) is 0 Å². The average molecular weight is 291 g/mol. The van der Waals surface area contributed by atoms with Crippen LogP contribution in [0.1, 0.15) is 39.7 Å². The van der Waals surface area contributed by atoms with Crippen molar-refractivity contribution >= 4 is 5.97 Å². The second kappa shape index (κ2) is 9.56. The highest BCUT2D eigenvalue weighted by Gasteiger charge is 2.18. The second-order valence-electron chi connectivity index (χ2n) is 5.86. The molecule has 2 atom stereocenters. The van der Waals surface area contributed by atoms with Crippen LogP contribution in [0, 0.1) is 11.8 Å². The molecule has 0 N–H and O–H groups in total. The lowest BCUT2D eigenvalue weighted by Gasteiger charge is -2.26. The molecule has 0 bridgehead atoms. The zero-order chi connectivity index (χ0) is 15.7. The quantitative estimate of drug-likeness (QED) is 0.649. The van der Waals surface area contributed by atoms with E-state index in [1.54, 1.807) is 0 Å². The number of carbonyl (C=O) groups is 1. The van der Waals surface area contributed by atoms with E-state index in [4.69, 9.17) is 4.74 Å². The van der Waals surface area contributed by atoms with Gasteiger partial charge in [0.25, 0.3) is 0 Å². The Morgan fingerprint density at radius 3 is 2.38 bits per heavy atom. The van der Waals surface area contributed by atoms with Crippen LogP contribution in [-0.2, 0) is 16.1 Å². The summed E-state index contributed by atoms with van der Waals surface area (Å²) < 4.78 is 5.40. The topological polar surface area (TPSA) is 29.5 Å². The van der Waals surface area contributed by atoms with Crippen molar-refractivity contribution in [3.63, 3.8) is 0 Å². The molecule has 0 spiro atoms. The first kappa shape index (κ1) is 17.7. The van der Waals surface area contributed by atoms with E-state index in [9.17, 15) is 4.79 Å². The Morgan fingerprint density at radius 2 is 1.81 bits per heavy atom. The summed E-state index contributed by atoms with van der Waals surface area (Å²) in [5.41, 5.74) is 1.03. The molecule has 0 aliphatic heterocycles. The maximum atomic E-state index is 12.1. The lowest BCUT2D eigenvalue weighted by Crippen LogP contribution is -2.35. The predicted octanol–water partition coefficient (Wildman–Crippen LogP) is 3.73. The molecule has 118 valence electrons. The van der Waals surface area contributed by atoms with Crippen LogP contribution in [0.5, 0.6) is 0 Å². The van der Waals surface area contributed by atoms with Crippen molar-refractivity contribution in [3.05, 3.63) is 35.9 Å². The molecule has 0 heterocycles. The van der Waals surface area contributed by atoms with Gasteiger partial charge in [-0.05, 0) is 18.0 Å². The minimum atomic E-state index is -0.110. The lowest BCUT2D eigenvalue weighted by atomic mass is 10.1. The molecule has 21 heavy (non-hydrogen) atoms. The maximum absolute atomic E-state index is 12.1. The van der Waals surface area contributed by atoms with E-state index in [2.05, 4.69) is 25.7 Å². The van der Waals surface area contributed by atoms with Crippen molar-refractivity contribution in [3.8, 4) is 0 Å². The smallest absolute Gasteiger partial charge is 0.310 e. The summed E-state index contributed by atoms with van der Waals surface area (Å²) in [5.74, 6) is 0.469. The van der Waals surface area contributed by atoms with Crippen LogP contribution < -0.4 is 0 Å². The number of hydrogen-bond acceptors (Lipinski definition) is 3. The van der Waals surface area contributed by atoms with Crippen molar-refractivity contribution in [2.75, 3.05) is 19.6 Å². The van der Waals surface area contributed by atoms with E-state index >= 15 is 0 Å². The Kier molecular flexibility index (Phi) is 8.06. The van der Waals surface area contributed by atoms with Gasteiger partial charge in [0, 0.05) is 13.1 Å². The van der Waals surface area contributed by atoms with Crippen molar-refractivity contribution in [2.24, 2.45) is 11.8 Å². The van der Waals surface area contributed by atoms with Crippen molar-refractivity contribution in [1.82, 2.24) is 4.90 Å². The highest BCUT2D eigenvalue weighted by atomic mass is 16.5. The van der Waals surface area contributed by atoms with E-state index in [1.807, 2.05) is 37.3 Å². The molecule has 1 rings (SSSR count). The molecule has 1 aromatic carbocycles. The van der Waals surface area contributed by atoms with Crippen LogP contribution in [0.15, 0.2) is 30.3 Å². The minimum absolute atomic E-state index is 0.0854. The van der Waals surface area contributed by atoms with E-state index < -0.39 is 0 Å².